The monoisotopic (exact) mass is 613 g/mol. The van der Waals surface area contributed by atoms with E-state index < -0.39 is 28.4 Å². The zero-order valence-electron chi connectivity index (χ0n) is 22.3. The molecule has 0 atom stereocenters. The summed E-state index contributed by atoms with van der Waals surface area (Å²) >= 11 is -2.93. The summed E-state index contributed by atoms with van der Waals surface area (Å²) in [6.07, 6.45) is 8.26. The second kappa shape index (κ2) is 14.3. The van der Waals surface area contributed by atoms with E-state index in [2.05, 4.69) is 25.9 Å². The van der Waals surface area contributed by atoms with Crippen molar-refractivity contribution in [2.45, 2.75) is 79.2 Å². The molecule has 0 bridgehead atoms. The Balaban J connectivity index is 2.62. The van der Waals surface area contributed by atoms with Gasteiger partial charge in [-0.05, 0) is 0 Å². The van der Waals surface area contributed by atoms with Gasteiger partial charge in [-0.1, -0.05) is 0 Å². The first-order valence-electron chi connectivity index (χ1n) is 12.8. The van der Waals surface area contributed by atoms with Crippen molar-refractivity contribution in [2.75, 3.05) is 24.8 Å². The van der Waals surface area contributed by atoms with Crippen LogP contribution in [0.5, 0.6) is 11.6 Å². The number of unbranched alkanes of at least 4 members (excludes halogenated alkanes) is 3. The molecule has 0 fully saturated rings. The molecule has 0 aliphatic rings. The van der Waals surface area contributed by atoms with Crippen molar-refractivity contribution in [3.63, 3.8) is 0 Å². The van der Waals surface area contributed by atoms with Gasteiger partial charge in [-0.25, -0.2) is 0 Å². The van der Waals surface area contributed by atoms with Crippen molar-refractivity contribution in [3.05, 3.63) is 35.9 Å². The summed E-state index contributed by atoms with van der Waals surface area (Å²) in [5, 5.41) is 9.16. The fourth-order valence-corrected chi connectivity index (χ4v) is 20.6. The van der Waals surface area contributed by atoms with Crippen LogP contribution in [0.15, 0.2) is 30.3 Å². The first-order valence-corrected chi connectivity index (χ1v) is 22.1. The molecule has 0 aliphatic heterocycles. The van der Waals surface area contributed by atoms with Crippen molar-refractivity contribution in [3.8, 4) is 11.6 Å². The van der Waals surface area contributed by atoms with E-state index in [9.17, 15) is 8.42 Å². The Labute approximate surface area is 216 Å². The molecule has 7 nitrogen and oxygen atoms in total. The molecule has 2 aromatic rings. The van der Waals surface area contributed by atoms with Gasteiger partial charge in [-0.15, -0.1) is 0 Å². The van der Waals surface area contributed by atoms with E-state index in [1.165, 1.54) is 50.2 Å². The third kappa shape index (κ3) is 8.23. The summed E-state index contributed by atoms with van der Waals surface area (Å²) in [5.74, 6) is 0.973. The van der Waals surface area contributed by atoms with Crippen molar-refractivity contribution < 1.29 is 17.9 Å². The van der Waals surface area contributed by atoms with Crippen molar-refractivity contribution in [1.82, 2.24) is 10.2 Å². The standard InChI is InChI=1S/C14H16N3O4S.3C4H9.Sn/c1-20-12-6-4-11(5-7-12)10-17(22(3,18)19)13-8-9-15-16-14(13)21-2;3*1-3-4-2;/h4-8H,10H2,1-3H3;3*1,3-4H2,2H3;. The molecule has 0 amide bonds. The fourth-order valence-electron chi connectivity index (χ4n) is 4.54. The van der Waals surface area contributed by atoms with E-state index in [0.717, 1.165) is 34.3 Å². The van der Waals surface area contributed by atoms with Crippen LogP contribution in [0.3, 0.4) is 0 Å². The summed E-state index contributed by atoms with van der Waals surface area (Å²) in [5.41, 5.74) is 1.34. The zero-order valence-corrected chi connectivity index (χ0v) is 26.0. The van der Waals surface area contributed by atoms with E-state index in [0.29, 0.717) is 5.69 Å². The second-order valence-corrected chi connectivity index (χ2v) is 24.3. The first kappa shape index (κ1) is 29.7. The number of benzene rings is 1. The van der Waals surface area contributed by atoms with Crippen LogP contribution >= 0.6 is 0 Å². The van der Waals surface area contributed by atoms with Crippen molar-refractivity contribution in [2.24, 2.45) is 0 Å². The van der Waals surface area contributed by atoms with Crippen LogP contribution in [0.25, 0.3) is 0 Å². The van der Waals surface area contributed by atoms with Crippen LogP contribution in [0.1, 0.15) is 64.9 Å². The molecule has 1 heterocycles. The Hall–Kier alpha value is -1.55. The van der Waals surface area contributed by atoms with E-state index in [-0.39, 0.29) is 12.4 Å². The molecule has 35 heavy (non-hydrogen) atoms. The predicted molar refractivity (Wildman–Crippen MR) is 147 cm³/mol. The van der Waals surface area contributed by atoms with E-state index in [1.807, 2.05) is 30.3 Å². The molecule has 1 aromatic heterocycles. The molecular formula is C26H43N3O4SSn. The minimum absolute atomic E-state index is 0.186. The topological polar surface area (TPSA) is 81.6 Å². The molecule has 0 spiro atoms. The molecule has 2 rings (SSSR count). The van der Waals surface area contributed by atoms with Gasteiger partial charge in [-0.3, -0.25) is 0 Å². The molecule has 0 saturated carbocycles. The van der Waals surface area contributed by atoms with Gasteiger partial charge in [0, 0.05) is 0 Å². The number of ether oxygens (including phenoxy) is 2. The van der Waals surface area contributed by atoms with Gasteiger partial charge in [0.2, 0.25) is 0 Å². The maximum atomic E-state index is 13.0. The number of methoxy groups -OCH3 is 2. The van der Waals surface area contributed by atoms with Gasteiger partial charge in [0.1, 0.15) is 0 Å². The normalized spacial score (nSPS) is 11.9. The molecule has 9 heteroatoms. The van der Waals surface area contributed by atoms with Crippen molar-refractivity contribution >= 4 is 37.8 Å². The summed E-state index contributed by atoms with van der Waals surface area (Å²) in [6, 6.07) is 9.45. The van der Waals surface area contributed by atoms with E-state index in [1.54, 1.807) is 7.11 Å². The van der Waals surface area contributed by atoms with Crippen LogP contribution in [0.4, 0.5) is 5.69 Å². The van der Waals surface area contributed by atoms with E-state index >= 15 is 0 Å². The molecule has 196 valence electrons. The zero-order chi connectivity index (χ0) is 25.9. The quantitative estimate of drug-likeness (QED) is 0.233. The van der Waals surface area contributed by atoms with Gasteiger partial charge in [0.15, 0.2) is 0 Å². The van der Waals surface area contributed by atoms with Crippen molar-refractivity contribution in [1.29, 1.82) is 0 Å². The molecule has 0 unspecified atom stereocenters. The Morgan fingerprint density at radius 2 is 1.40 bits per heavy atom. The molecule has 0 saturated heterocycles. The Kier molecular flexibility index (Phi) is 12.1. The molecule has 1 aromatic carbocycles. The van der Waals surface area contributed by atoms with Crippen LogP contribution in [-0.4, -0.2) is 57.5 Å². The predicted octanol–water partition coefficient (Wildman–Crippen LogP) is 5.52. The van der Waals surface area contributed by atoms with Gasteiger partial charge in [0.05, 0.1) is 0 Å². The average molecular weight is 612 g/mol. The van der Waals surface area contributed by atoms with E-state index in [4.69, 9.17) is 14.6 Å². The average Bonchev–Trinajstić information content (AvgIpc) is 2.86. The first-order chi connectivity index (χ1) is 16.7. The van der Waals surface area contributed by atoms with Gasteiger partial charge >= 0.3 is 217 Å². The SMILES string of the molecule is CCC[CH2][Sn]([CH2]CCC)([CH2]CCC)[c]1cc(N(Cc2ccc(OC)cc2)S(C)(=O)=O)c(OC)nn1. The Morgan fingerprint density at radius 1 is 0.857 bits per heavy atom. The number of aromatic nitrogens is 2. The summed E-state index contributed by atoms with van der Waals surface area (Å²) in [7, 11) is -0.472. The van der Waals surface area contributed by atoms with Crippen LogP contribution in [-0.2, 0) is 16.6 Å². The number of anilines is 1. The number of hydrogen-bond donors (Lipinski definition) is 0. The third-order valence-corrected chi connectivity index (χ3v) is 22.8. The van der Waals surface area contributed by atoms with Crippen LogP contribution in [0.2, 0.25) is 13.3 Å². The Bertz CT molecular complexity index is 994. The number of hydrogen-bond acceptors (Lipinski definition) is 6. The minimum atomic E-state index is -3.60. The molecule has 0 radical (unpaired) electrons. The number of rotatable bonds is 16. The number of nitrogens with zero attached hydrogens (tertiary/aromatic N) is 3. The fraction of sp³-hybridized carbons (Fsp3) is 0.615. The van der Waals surface area contributed by atoms with Crippen LogP contribution < -0.4 is 17.5 Å². The van der Waals surface area contributed by atoms with Gasteiger partial charge < -0.3 is 0 Å². The summed E-state index contributed by atoms with van der Waals surface area (Å²) in [6.45, 7) is 6.90. The molecule has 0 aliphatic carbocycles. The number of sulfonamides is 1. The summed E-state index contributed by atoms with van der Waals surface area (Å²) in [4.78, 5) is 0. The molecular weight excluding hydrogens is 569 g/mol. The van der Waals surface area contributed by atoms with Gasteiger partial charge in [-0.2, -0.15) is 0 Å². The maximum absolute atomic E-state index is 13.0. The Morgan fingerprint density at radius 3 is 1.83 bits per heavy atom. The summed E-state index contributed by atoms with van der Waals surface area (Å²) < 4.78 is 43.0. The molecule has 0 N–H and O–H groups in total. The third-order valence-electron chi connectivity index (χ3n) is 6.66. The second-order valence-electron chi connectivity index (χ2n) is 9.33. The van der Waals surface area contributed by atoms with Gasteiger partial charge in [0.25, 0.3) is 0 Å². The van der Waals surface area contributed by atoms with Crippen LogP contribution in [0, 0.1) is 0 Å².